The van der Waals surface area contributed by atoms with Crippen molar-refractivity contribution in [3.8, 4) is 5.69 Å². The number of benzene rings is 2. The highest BCUT2D eigenvalue weighted by Crippen LogP contribution is 2.24. The molecule has 5 nitrogen and oxygen atoms in total. The second-order valence-electron chi connectivity index (χ2n) is 4.98. The fraction of sp³-hybridized carbons (Fsp3) is 0.118. The Labute approximate surface area is 138 Å². The van der Waals surface area contributed by atoms with Gasteiger partial charge in [0.05, 0.1) is 10.7 Å². The quantitative estimate of drug-likeness (QED) is 0.748. The molecule has 0 aliphatic carbocycles. The van der Waals surface area contributed by atoms with E-state index >= 15 is 0 Å². The fourth-order valence-electron chi connectivity index (χ4n) is 2.47. The largest absolute Gasteiger partial charge is 0.388 e. The SMILES string of the molecule is Cc1nnc(CO)n1-c1ccccc1C(=O)c1ccccc1Cl. The Bertz CT molecular complexity index is 874. The summed E-state index contributed by atoms with van der Waals surface area (Å²) in [6, 6.07) is 14.0. The molecule has 0 saturated carbocycles. The van der Waals surface area contributed by atoms with E-state index in [-0.39, 0.29) is 12.4 Å². The van der Waals surface area contributed by atoms with Gasteiger partial charge < -0.3 is 5.11 Å². The standard InChI is InChI=1S/C17H14ClN3O2/c1-11-19-20-16(10-22)21(11)15-9-5-3-7-13(15)17(23)12-6-2-4-8-14(12)18/h2-9,22H,10H2,1H3. The maximum atomic E-state index is 12.9. The number of rotatable bonds is 4. The number of aliphatic hydroxyl groups excluding tert-OH is 1. The molecule has 1 heterocycles. The minimum atomic E-state index is -0.268. The summed E-state index contributed by atoms with van der Waals surface area (Å²) in [6.07, 6.45) is 0. The third kappa shape index (κ3) is 2.76. The lowest BCUT2D eigenvalue weighted by Gasteiger charge is -2.13. The Morgan fingerprint density at radius 3 is 2.43 bits per heavy atom. The van der Waals surface area contributed by atoms with Crippen molar-refractivity contribution in [3.05, 3.63) is 76.3 Å². The van der Waals surface area contributed by atoms with Crippen molar-refractivity contribution in [1.82, 2.24) is 14.8 Å². The van der Waals surface area contributed by atoms with Crippen LogP contribution in [0.3, 0.4) is 0 Å². The number of carbonyl (C=O) groups is 1. The van der Waals surface area contributed by atoms with Gasteiger partial charge in [-0.3, -0.25) is 9.36 Å². The van der Waals surface area contributed by atoms with E-state index in [9.17, 15) is 9.90 Å². The summed E-state index contributed by atoms with van der Waals surface area (Å²) in [5, 5.41) is 17.7. The normalized spacial score (nSPS) is 10.7. The third-order valence-electron chi connectivity index (χ3n) is 3.54. The highest BCUT2D eigenvalue weighted by Gasteiger charge is 2.19. The van der Waals surface area contributed by atoms with E-state index in [1.165, 1.54) is 0 Å². The van der Waals surface area contributed by atoms with Gasteiger partial charge in [0, 0.05) is 11.1 Å². The van der Waals surface area contributed by atoms with Crippen molar-refractivity contribution in [2.24, 2.45) is 0 Å². The predicted octanol–water partition coefficient (Wildman–Crippen LogP) is 2.95. The van der Waals surface area contributed by atoms with Crippen LogP contribution in [0.2, 0.25) is 5.02 Å². The molecule has 6 heteroatoms. The summed E-state index contributed by atoms with van der Waals surface area (Å²) in [5.41, 5.74) is 1.51. The lowest BCUT2D eigenvalue weighted by Crippen LogP contribution is -2.11. The van der Waals surface area contributed by atoms with Crippen LogP contribution in [0.15, 0.2) is 48.5 Å². The number of aromatic nitrogens is 3. The molecule has 0 saturated heterocycles. The van der Waals surface area contributed by atoms with Gasteiger partial charge in [-0.15, -0.1) is 10.2 Å². The van der Waals surface area contributed by atoms with Gasteiger partial charge in [-0.05, 0) is 31.2 Å². The monoisotopic (exact) mass is 327 g/mol. The number of hydrogen-bond donors (Lipinski definition) is 1. The summed E-state index contributed by atoms with van der Waals surface area (Å²) in [6.45, 7) is 1.50. The molecular weight excluding hydrogens is 314 g/mol. The number of hydrogen-bond acceptors (Lipinski definition) is 4. The van der Waals surface area contributed by atoms with Crippen molar-refractivity contribution in [1.29, 1.82) is 0 Å². The summed E-state index contributed by atoms with van der Waals surface area (Å²) in [4.78, 5) is 12.9. The number of halogens is 1. The summed E-state index contributed by atoms with van der Waals surface area (Å²) in [7, 11) is 0. The predicted molar refractivity (Wildman–Crippen MR) is 86.9 cm³/mol. The van der Waals surface area contributed by atoms with Crippen molar-refractivity contribution >= 4 is 17.4 Å². The van der Waals surface area contributed by atoms with E-state index in [4.69, 9.17) is 11.6 Å². The molecule has 23 heavy (non-hydrogen) atoms. The Hall–Kier alpha value is -2.50. The molecule has 0 spiro atoms. The smallest absolute Gasteiger partial charge is 0.196 e. The van der Waals surface area contributed by atoms with E-state index in [1.807, 2.05) is 6.07 Å². The summed E-state index contributed by atoms with van der Waals surface area (Å²) in [5.74, 6) is 0.776. The third-order valence-corrected chi connectivity index (χ3v) is 3.87. The lowest BCUT2D eigenvalue weighted by molar-refractivity contribution is 0.103. The van der Waals surface area contributed by atoms with Crippen LogP contribution in [0.1, 0.15) is 27.6 Å². The van der Waals surface area contributed by atoms with Crippen molar-refractivity contribution in [2.45, 2.75) is 13.5 Å². The second kappa shape index (κ2) is 6.32. The number of aliphatic hydroxyl groups is 1. The average molecular weight is 328 g/mol. The summed E-state index contributed by atoms with van der Waals surface area (Å²) >= 11 is 6.14. The topological polar surface area (TPSA) is 68.0 Å². The number of carbonyl (C=O) groups excluding carboxylic acids is 1. The average Bonchev–Trinajstić information content (AvgIpc) is 2.95. The fourth-order valence-corrected chi connectivity index (χ4v) is 2.69. The molecule has 0 aliphatic rings. The van der Waals surface area contributed by atoms with Gasteiger partial charge in [-0.1, -0.05) is 35.9 Å². The lowest BCUT2D eigenvalue weighted by atomic mass is 10.0. The molecule has 1 aromatic heterocycles. The Morgan fingerprint density at radius 2 is 1.74 bits per heavy atom. The van der Waals surface area contributed by atoms with Crippen LogP contribution in [0, 0.1) is 6.92 Å². The van der Waals surface area contributed by atoms with Crippen molar-refractivity contribution in [3.63, 3.8) is 0 Å². The Balaban J connectivity index is 2.18. The van der Waals surface area contributed by atoms with Crippen LogP contribution in [0.4, 0.5) is 0 Å². The van der Waals surface area contributed by atoms with Crippen molar-refractivity contribution < 1.29 is 9.90 Å². The Kier molecular flexibility index (Phi) is 4.23. The molecule has 0 bridgehead atoms. The molecule has 0 amide bonds. The molecule has 0 aliphatic heterocycles. The minimum Gasteiger partial charge on any atom is -0.388 e. The van der Waals surface area contributed by atoms with Crippen LogP contribution in [-0.2, 0) is 6.61 Å². The minimum absolute atomic E-state index is 0.191. The highest BCUT2D eigenvalue weighted by molar-refractivity contribution is 6.35. The summed E-state index contributed by atoms with van der Waals surface area (Å²) < 4.78 is 1.67. The molecule has 0 radical (unpaired) electrons. The molecule has 0 atom stereocenters. The first-order chi connectivity index (χ1) is 11.1. The second-order valence-corrected chi connectivity index (χ2v) is 5.39. The molecule has 0 fully saturated rings. The number of ketones is 1. The van der Waals surface area contributed by atoms with Crippen LogP contribution in [0.5, 0.6) is 0 Å². The first-order valence-electron chi connectivity index (χ1n) is 7.04. The number of nitrogens with zero attached hydrogens (tertiary/aromatic N) is 3. The maximum absolute atomic E-state index is 12.9. The molecule has 2 aromatic carbocycles. The van der Waals surface area contributed by atoms with E-state index in [0.29, 0.717) is 33.5 Å². The van der Waals surface area contributed by atoms with Gasteiger partial charge in [0.1, 0.15) is 12.4 Å². The van der Waals surface area contributed by atoms with E-state index in [0.717, 1.165) is 0 Å². The van der Waals surface area contributed by atoms with Gasteiger partial charge in [-0.2, -0.15) is 0 Å². The zero-order chi connectivity index (χ0) is 16.4. The van der Waals surface area contributed by atoms with Gasteiger partial charge in [0.2, 0.25) is 0 Å². The van der Waals surface area contributed by atoms with E-state index in [2.05, 4.69) is 10.2 Å². The van der Waals surface area contributed by atoms with E-state index < -0.39 is 0 Å². The zero-order valence-corrected chi connectivity index (χ0v) is 13.2. The number of para-hydroxylation sites is 1. The van der Waals surface area contributed by atoms with Gasteiger partial charge in [-0.25, -0.2) is 0 Å². The number of aryl methyl sites for hydroxylation is 1. The molecular formula is C17H14ClN3O2. The zero-order valence-electron chi connectivity index (χ0n) is 12.4. The van der Waals surface area contributed by atoms with Gasteiger partial charge in [0.15, 0.2) is 11.6 Å². The van der Waals surface area contributed by atoms with Gasteiger partial charge in [0.25, 0.3) is 0 Å². The van der Waals surface area contributed by atoms with Crippen LogP contribution in [0.25, 0.3) is 5.69 Å². The highest BCUT2D eigenvalue weighted by atomic mass is 35.5. The molecule has 0 unspecified atom stereocenters. The van der Waals surface area contributed by atoms with Crippen LogP contribution in [-0.4, -0.2) is 25.7 Å². The molecule has 3 rings (SSSR count). The molecule has 1 N–H and O–H groups in total. The van der Waals surface area contributed by atoms with Crippen LogP contribution >= 0.6 is 11.6 Å². The first kappa shape index (κ1) is 15.4. The Morgan fingerprint density at radius 1 is 1.09 bits per heavy atom. The molecule has 3 aromatic rings. The van der Waals surface area contributed by atoms with Crippen LogP contribution < -0.4 is 0 Å². The van der Waals surface area contributed by atoms with E-state index in [1.54, 1.807) is 54.0 Å². The maximum Gasteiger partial charge on any atom is 0.196 e. The van der Waals surface area contributed by atoms with Crippen molar-refractivity contribution in [2.75, 3.05) is 0 Å². The first-order valence-corrected chi connectivity index (χ1v) is 7.41. The van der Waals surface area contributed by atoms with Gasteiger partial charge >= 0.3 is 0 Å². The molecule has 116 valence electrons.